The zero-order valence-corrected chi connectivity index (χ0v) is 13.5. The molecule has 0 spiro atoms. The van der Waals surface area contributed by atoms with E-state index >= 15 is 0 Å². The summed E-state index contributed by atoms with van der Waals surface area (Å²) in [5, 5.41) is 12.8. The Kier molecular flexibility index (Phi) is 4.47. The predicted octanol–water partition coefficient (Wildman–Crippen LogP) is 4.07. The van der Waals surface area contributed by atoms with Gasteiger partial charge < -0.3 is 5.32 Å². The Morgan fingerprint density at radius 1 is 1.41 bits per heavy atom. The third-order valence-corrected chi connectivity index (χ3v) is 5.43. The quantitative estimate of drug-likeness (QED) is 0.862. The van der Waals surface area contributed by atoms with Gasteiger partial charge >= 0.3 is 0 Å². The zero-order valence-electron chi connectivity index (χ0n) is 11.9. The number of nitrogens with zero attached hydrogens (tertiary/aromatic N) is 1. The van der Waals surface area contributed by atoms with Gasteiger partial charge in [-0.05, 0) is 36.3 Å². The highest BCUT2D eigenvalue weighted by Crippen LogP contribution is 2.42. The molecular formula is C17H15ClN2OS. The Morgan fingerprint density at radius 2 is 2.18 bits per heavy atom. The molecule has 1 aromatic carbocycles. The van der Waals surface area contributed by atoms with E-state index in [0.717, 1.165) is 24.8 Å². The Labute approximate surface area is 138 Å². The molecule has 0 radical (unpaired) electrons. The Balaban J connectivity index is 1.89. The van der Waals surface area contributed by atoms with Crippen LogP contribution in [0.15, 0.2) is 30.3 Å². The van der Waals surface area contributed by atoms with Gasteiger partial charge in [0.15, 0.2) is 0 Å². The zero-order chi connectivity index (χ0) is 15.5. The summed E-state index contributed by atoms with van der Waals surface area (Å²) in [6.45, 7) is 0. The van der Waals surface area contributed by atoms with Crippen LogP contribution in [0.25, 0.3) is 0 Å². The second kappa shape index (κ2) is 6.51. The monoisotopic (exact) mass is 330 g/mol. The number of carbonyl (C=O) groups excluding carboxylic acids is 1. The summed E-state index contributed by atoms with van der Waals surface area (Å²) in [6.07, 6.45) is 2.84. The van der Waals surface area contributed by atoms with Crippen LogP contribution in [-0.4, -0.2) is 11.8 Å². The Morgan fingerprint density at radius 3 is 2.86 bits per heavy atom. The minimum absolute atomic E-state index is 0.0971. The number of hydrogen-bond donors (Lipinski definition) is 1. The lowest BCUT2D eigenvalue weighted by Crippen LogP contribution is -2.13. The van der Waals surface area contributed by atoms with Gasteiger partial charge in [0.1, 0.15) is 17.0 Å². The van der Waals surface area contributed by atoms with Gasteiger partial charge in [0.25, 0.3) is 0 Å². The number of nitrogens with one attached hydrogen (secondary N) is 1. The number of fused-ring (bicyclic) bond motifs is 1. The molecule has 5 heteroatoms. The average molecular weight is 331 g/mol. The first kappa shape index (κ1) is 15.1. The maximum Gasteiger partial charge on any atom is 0.239 e. The van der Waals surface area contributed by atoms with Crippen LogP contribution in [0.3, 0.4) is 0 Å². The standard InChI is InChI=1S/C17H15ClN2OS/c18-9-16(21)20-17-14(10-19)13-7-6-12(8-15(13)22-17)11-4-2-1-3-5-11/h1-5,12H,6-9H2,(H,20,21)/t12-/m0/s1. The number of rotatable bonds is 3. The van der Waals surface area contributed by atoms with Crippen molar-refractivity contribution in [3.63, 3.8) is 0 Å². The maximum atomic E-state index is 11.5. The first-order chi connectivity index (χ1) is 10.7. The molecule has 1 amide bonds. The van der Waals surface area contributed by atoms with E-state index in [0.29, 0.717) is 16.5 Å². The van der Waals surface area contributed by atoms with Crippen molar-refractivity contribution in [1.82, 2.24) is 0 Å². The van der Waals surface area contributed by atoms with Gasteiger partial charge in [0.2, 0.25) is 5.91 Å². The summed E-state index contributed by atoms with van der Waals surface area (Å²) in [6, 6.07) is 12.7. The van der Waals surface area contributed by atoms with Crippen LogP contribution in [0.1, 0.15) is 33.9 Å². The van der Waals surface area contributed by atoms with Crippen molar-refractivity contribution in [2.75, 3.05) is 11.2 Å². The highest BCUT2D eigenvalue weighted by atomic mass is 35.5. The number of carbonyl (C=O) groups is 1. The van der Waals surface area contributed by atoms with Crippen molar-refractivity contribution in [1.29, 1.82) is 5.26 Å². The van der Waals surface area contributed by atoms with Gasteiger partial charge in [-0.1, -0.05) is 30.3 Å². The number of thiophene rings is 1. The molecule has 1 heterocycles. The van der Waals surface area contributed by atoms with Crippen LogP contribution in [0.2, 0.25) is 0 Å². The lowest BCUT2D eigenvalue weighted by atomic mass is 9.83. The van der Waals surface area contributed by atoms with Crippen LogP contribution in [-0.2, 0) is 17.6 Å². The number of benzene rings is 1. The van der Waals surface area contributed by atoms with Crippen LogP contribution < -0.4 is 5.32 Å². The summed E-state index contributed by atoms with van der Waals surface area (Å²) in [5.41, 5.74) is 3.06. The molecule has 0 saturated heterocycles. The minimum Gasteiger partial charge on any atom is -0.316 e. The molecule has 1 N–H and O–H groups in total. The maximum absolute atomic E-state index is 11.5. The largest absolute Gasteiger partial charge is 0.316 e. The van der Waals surface area contributed by atoms with Crippen LogP contribution >= 0.6 is 22.9 Å². The summed E-state index contributed by atoms with van der Waals surface area (Å²) in [5.74, 6) is 0.118. The van der Waals surface area contributed by atoms with Gasteiger partial charge in [0.05, 0.1) is 5.56 Å². The fraction of sp³-hybridized carbons (Fsp3) is 0.294. The number of hydrogen-bond acceptors (Lipinski definition) is 3. The summed E-state index contributed by atoms with van der Waals surface area (Å²) < 4.78 is 0. The first-order valence-electron chi connectivity index (χ1n) is 7.18. The van der Waals surface area contributed by atoms with Crippen LogP contribution in [0.4, 0.5) is 5.00 Å². The fourth-order valence-electron chi connectivity index (χ4n) is 2.96. The molecule has 1 aromatic heterocycles. The number of halogens is 1. The van der Waals surface area contributed by atoms with Gasteiger partial charge in [-0.25, -0.2) is 0 Å². The van der Waals surface area contributed by atoms with Crippen molar-refractivity contribution in [2.45, 2.75) is 25.2 Å². The molecule has 1 atom stereocenters. The normalized spacial score (nSPS) is 16.6. The first-order valence-corrected chi connectivity index (χ1v) is 8.53. The molecule has 112 valence electrons. The second-order valence-corrected chi connectivity index (χ2v) is 6.72. The van der Waals surface area contributed by atoms with E-state index in [1.807, 2.05) is 6.07 Å². The van der Waals surface area contributed by atoms with Crippen molar-refractivity contribution in [2.24, 2.45) is 0 Å². The summed E-state index contributed by atoms with van der Waals surface area (Å²) in [4.78, 5) is 12.7. The van der Waals surface area contributed by atoms with Crippen LogP contribution in [0, 0.1) is 11.3 Å². The Bertz CT molecular complexity index is 733. The van der Waals surface area contributed by atoms with Crippen molar-refractivity contribution in [3.8, 4) is 6.07 Å². The highest BCUT2D eigenvalue weighted by molar-refractivity contribution is 7.16. The third-order valence-electron chi connectivity index (χ3n) is 4.02. The van der Waals surface area contributed by atoms with E-state index in [-0.39, 0.29) is 11.8 Å². The average Bonchev–Trinajstić information content (AvgIpc) is 2.91. The van der Waals surface area contributed by atoms with Gasteiger partial charge in [-0.15, -0.1) is 22.9 Å². The molecule has 3 nitrogen and oxygen atoms in total. The lowest BCUT2D eigenvalue weighted by Gasteiger charge is -2.22. The van der Waals surface area contributed by atoms with Gasteiger partial charge in [0, 0.05) is 4.88 Å². The molecule has 3 rings (SSSR count). The summed E-state index contributed by atoms with van der Waals surface area (Å²) >= 11 is 7.05. The fourth-order valence-corrected chi connectivity index (χ4v) is 4.32. The molecule has 0 fully saturated rings. The van der Waals surface area contributed by atoms with E-state index in [9.17, 15) is 10.1 Å². The van der Waals surface area contributed by atoms with Gasteiger partial charge in [-0.2, -0.15) is 5.26 Å². The van der Waals surface area contributed by atoms with E-state index in [4.69, 9.17) is 11.6 Å². The molecule has 0 unspecified atom stereocenters. The third kappa shape index (κ3) is 2.87. The summed E-state index contributed by atoms with van der Waals surface area (Å²) in [7, 11) is 0. The van der Waals surface area contributed by atoms with Crippen molar-refractivity contribution >= 4 is 33.8 Å². The second-order valence-electron chi connectivity index (χ2n) is 5.35. The molecule has 0 aliphatic heterocycles. The highest BCUT2D eigenvalue weighted by Gasteiger charge is 2.27. The molecule has 0 bridgehead atoms. The Hall–Kier alpha value is -1.83. The SMILES string of the molecule is N#Cc1c(NC(=O)CCl)sc2c1CC[C@H](c1ccccc1)C2. The minimum atomic E-state index is -0.267. The predicted molar refractivity (Wildman–Crippen MR) is 89.6 cm³/mol. The molecular weight excluding hydrogens is 316 g/mol. The van der Waals surface area contributed by atoms with Crippen LogP contribution in [0.5, 0.6) is 0 Å². The number of alkyl halides is 1. The molecule has 2 aromatic rings. The number of anilines is 1. The number of nitriles is 1. The lowest BCUT2D eigenvalue weighted by molar-refractivity contribution is -0.113. The van der Waals surface area contributed by atoms with E-state index in [2.05, 4.69) is 35.7 Å². The van der Waals surface area contributed by atoms with E-state index in [1.54, 1.807) is 0 Å². The van der Waals surface area contributed by atoms with Crippen molar-refractivity contribution in [3.05, 3.63) is 51.9 Å². The molecule has 0 saturated carbocycles. The molecule has 22 heavy (non-hydrogen) atoms. The molecule has 1 aliphatic rings. The van der Waals surface area contributed by atoms with Gasteiger partial charge in [-0.3, -0.25) is 4.79 Å². The van der Waals surface area contributed by atoms with Crippen molar-refractivity contribution < 1.29 is 4.79 Å². The molecule has 1 aliphatic carbocycles. The van der Waals surface area contributed by atoms with E-state index < -0.39 is 0 Å². The smallest absolute Gasteiger partial charge is 0.239 e. The van der Waals surface area contributed by atoms with E-state index in [1.165, 1.54) is 21.8 Å². The topological polar surface area (TPSA) is 52.9 Å². The number of amides is 1.